The van der Waals surface area contributed by atoms with Crippen LogP contribution in [0.3, 0.4) is 0 Å². The zero-order valence-electron chi connectivity index (χ0n) is 15.9. The summed E-state index contributed by atoms with van der Waals surface area (Å²) in [5.41, 5.74) is 4.75. The Morgan fingerprint density at radius 3 is 2.72 bits per heavy atom. The van der Waals surface area contributed by atoms with Crippen LogP contribution in [0.5, 0.6) is 0 Å². The molecule has 144 valence electrons. The third kappa shape index (κ3) is 3.75. The van der Waals surface area contributed by atoms with E-state index in [0.717, 1.165) is 35.9 Å². The van der Waals surface area contributed by atoms with Gasteiger partial charge in [-0.1, -0.05) is 0 Å². The van der Waals surface area contributed by atoms with Crippen LogP contribution >= 0.6 is 0 Å². The largest absolute Gasteiger partial charge is 0.377 e. The van der Waals surface area contributed by atoms with Crippen molar-refractivity contribution in [3.8, 4) is 17.3 Å². The van der Waals surface area contributed by atoms with Crippen LogP contribution < -0.4 is 16.0 Å². The molecule has 0 unspecified atom stereocenters. The van der Waals surface area contributed by atoms with Gasteiger partial charge in [-0.05, 0) is 54.7 Å². The number of anilines is 3. The first-order chi connectivity index (χ1) is 14.3. The molecule has 5 rings (SSSR count). The van der Waals surface area contributed by atoms with Crippen molar-refractivity contribution in [1.29, 1.82) is 5.26 Å². The molecule has 0 atom stereocenters. The zero-order chi connectivity index (χ0) is 19.6. The Bertz CT molecular complexity index is 1070. The lowest BCUT2D eigenvalue weighted by Crippen LogP contribution is -2.51. The van der Waals surface area contributed by atoms with E-state index in [1.807, 2.05) is 18.3 Å². The van der Waals surface area contributed by atoms with E-state index in [1.165, 1.54) is 18.4 Å². The predicted molar refractivity (Wildman–Crippen MR) is 112 cm³/mol. The molecule has 3 aromatic heterocycles. The van der Waals surface area contributed by atoms with Crippen molar-refractivity contribution in [2.45, 2.75) is 24.8 Å². The summed E-state index contributed by atoms with van der Waals surface area (Å²) in [6.45, 7) is 1.88. The summed E-state index contributed by atoms with van der Waals surface area (Å²) >= 11 is 0. The normalized spacial score (nSPS) is 16.0. The highest BCUT2D eigenvalue weighted by molar-refractivity contribution is 5.78. The van der Waals surface area contributed by atoms with Crippen LogP contribution in [-0.2, 0) is 0 Å². The molecule has 0 aromatic carbocycles. The molecule has 7 nitrogen and oxygen atoms in total. The van der Waals surface area contributed by atoms with Gasteiger partial charge in [-0.15, -0.1) is 0 Å². The van der Waals surface area contributed by atoms with Gasteiger partial charge in [-0.2, -0.15) is 5.26 Å². The summed E-state index contributed by atoms with van der Waals surface area (Å²) in [7, 11) is 0. The minimum Gasteiger partial charge on any atom is -0.377 e. The third-order valence-electron chi connectivity index (χ3n) is 5.29. The van der Waals surface area contributed by atoms with Gasteiger partial charge in [0.2, 0.25) is 0 Å². The van der Waals surface area contributed by atoms with Crippen LogP contribution in [-0.4, -0.2) is 34.1 Å². The van der Waals surface area contributed by atoms with Gasteiger partial charge in [0.1, 0.15) is 5.82 Å². The Kier molecular flexibility index (Phi) is 4.54. The van der Waals surface area contributed by atoms with E-state index >= 15 is 0 Å². The second-order valence-corrected chi connectivity index (χ2v) is 7.50. The molecule has 0 spiro atoms. The number of hydrogen-bond acceptors (Lipinski definition) is 7. The fourth-order valence-corrected chi connectivity index (χ4v) is 3.47. The molecular formula is C22H21N7. The molecule has 2 aliphatic rings. The second-order valence-electron chi connectivity index (χ2n) is 7.50. The average molecular weight is 383 g/mol. The van der Waals surface area contributed by atoms with Crippen molar-refractivity contribution >= 4 is 17.3 Å². The molecular weight excluding hydrogens is 362 g/mol. The molecule has 1 saturated heterocycles. The number of aromatic nitrogens is 3. The molecule has 7 heteroatoms. The van der Waals surface area contributed by atoms with E-state index in [4.69, 9.17) is 4.98 Å². The van der Waals surface area contributed by atoms with Gasteiger partial charge in [-0.3, -0.25) is 4.98 Å². The van der Waals surface area contributed by atoms with E-state index in [0.29, 0.717) is 23.3 Å². The summed E-state index contributed by atoms with van der Waals surface area (Å²) in [5.74, 6) is 1.89. The molecule has 29 heavy (non-hydrogen) atoms. The molecule has 1 saturated carbocycles. The fraction of sp³-hybridized carbons (Fsp3) is 0.273. The molecule has 0 bridgehead atoms. The molecule has 0 radical (unpaired) electrons. The number of hydrogen-bond donors (Lipinski definition) is 3. The van der Waals surface area contributed by atoms with Crippen LogP contribution in [0, 0.1) is 11.3 Å². The topological polar surface area (TPSA) is 98.6 Å². The monoisotopic (exact) mass is 383 g/mol. The van der Waals surface area contributed by atoms with Gasteiger partial charge in [0, 0.05) is 37.2 Å². The van der Waals surface area contributed by atoms with Gasteiger partial charge in [-0.25, -0.2) is 9.97 Å². The molecule has 4 heterocycles. The third-order valence-corrected chi connectivity index (χ3v) is 5.29. The maximum absolute atomic E-state index is 9.21. The summed E-state index contributed by atoms with van der Waals surface area (Å²) in [6.07, 6.45) is 7.61. The van der Waals surface area contributed by atoms with E-state index < -0.39 is 0 Å². The van der Waals surface area contributed by atoms with Crippen LogP contribution in [0.2, 0.25) is 0 Å². The van der Waals surface area contributed by atoms with Crippen LogP contribution in [0.1, 0.15) is 29.9 Å². The molecule has 2 fully saturated rings. The van der Waals surface area contributed by atoms with Crippen molar-refractivity contribution in [1.82, 2.24) is 20.3 Å². The van der Waals surface area contributed by atoms with E-state index in [-0.39, 0.29) is 0 Å². The zero-order valence-corrected chi connectivity index (χ0v) is 15.9. The first kappa shape index (κ1) is 17.6. The molecule has 1 aliphatic heterocycles. The molecule has 3 N–H and O–H groups in total. The lowest BCUT2D eigenvalue weighted by molar-refractivity contribution is 0.472. The van der Waals surface area contributed by atoms with Crippen molar-refractivity contribution < 1.29 is 0 Å². The van der Waals surface area contributed by atoms with Crippen molar-refractivity contribution in [2.24, 2.45) is 0 Å². The standard InChI is InChI=1S/C22H21N7/c23-10-14-5-7-26-20(8-14)29-22-21(27-17-12-25-13-17)18(15-3-4-15)9-19(28-22)16-2-1-6-24-11-16/h1-2,5-9,11,15,17,25,27H,3-4,12-13H2,(H,26,28,29). The quantitative estimate of drug-likeness (QED) is 0.600. The fourth-order valence-electron chi connectivity index (χ4n) is 3.47. The van der Waals surface area contributed by atoms with E-state index in [1.54, 1.807) is 24.5 Å². The maximum atomic E-state index is 9.21. The van der Waals surface area contributed by atoms with Gasteiger partial charge in [0.25, 0.3) is 0 Å². The number of rotatable bonds is 6. The summed E-state index contributed by atoms with van der Waals surface area (Å²) < 4.78 is 0. The van der Waals surface area contributed by atoms with E-state index in [2.05, 4.69) is 38.1 Å². The molecule has 1 aliphatic carbocycles. The maximum Gasteiger partial charge on any atom is 0.155 e. The van der Waals surface area contributed by atoms with E-state index in [9.17, 15) is 5.26 Å². The number of nitriles is 1. The predicted octanol–water partition coefficient (Wildman–Crippen LogP) is 3.41. The van der Waals surface area contributed by atoms with Gasteiger partial charge >= 0.3 is 0 Å². The second kappa shape index (κ2) is 7.49. The highest BCUT2D eigenvalue weighted by atomic mass is 15.1. The minimum atomic E-state index is 0.387. The van der Waals surface area contributed by atoms with Gasteiger partial charge in [0.05, 0.1) is 29.1 Å². The SMILES string of the molecule is N#Cc1ccnc(Nc2nc(-c3cccnc3)cc(C3CC3)c2NC2CNC2)c1. The van der Waals surface area contributed by atoms with Crippen LogP contribution in [0.4, 0.5) is 17.3 Å². The van der Waals surface area contributed by atoms with Gasteiger partial charge in [0.15, 0.2) is 5.82 Å². The first-order valence-corrected chi connectivity index (χ1v) is 9.86. The number of pyridine rings is 3. The Morgan fingerprint density at radius 1 is 1.14 bits per heavy atom. The highest BCUT2D eigenvalue weighted by Gasteiger charge is 2.30. The molecule has 3 aromatic rings. The van der Waals surface area contributed by atoms with Crippen molar-refractivity contribution in [3.05, 3.63) is 60.0 Å². The van der Waals surface area contributed by atoms with Crippen LogP contribution in [0.15, 0.2) is 48.9 Å². The summed E-state index contributed by atoms with van der Waals surface area (Å²) in [6, 6.07) is 12.1. The smallest absolute Gasteiger partial charge is 0.155 e. The Morgan fingerprint density at radius 2 is 2.03 bits per heavy atom. The summed E-state index contributed by atoms with van der Waals surface area (Å²) in [5, 5.41) is 19.5. The molecule has 0 amide bonds. The number of nitrogens with one attached hydrogen (secondary N) is 3. The van der Waals surface area contributed by atoms with Gasteiger partial charge < -0.3 is 16.0 Å². The number of nitrogens with zero attached hydrogens (tertiary/aromatic N) is 4. The Balaban J connectivity index is 1.60. The lowest BCUT2D eigenvalue weighted by atomic mass is 10.0. The Labute approximate surface area is 169 Å². The van der Waals surface area contributed by atoms with Crippen molar-refractivity contribution in [2.75, 3.05) is 23.7 Å². The Hall–Kier alpha value is -3.50. The summed E-state index contributed by atoms with van der Waals surface area (Å²) in [4.78, 5) is 13.5. The lowest BCUT2D eigenvalue weighted by Gasteiger charge is -2.31. The van der Waals surface area contributed by atoms with Crippen LogP contribution in [0.25, 0.3) is 11.3 Å². The minimum absolute atomic E-state index is 0.387. The first-order valence-electron chi connectivity index (χ1n) is 9.86. The van der Waals surface area contributed by atoms with Crippen molar-refractivity contribution in [3.63, 3.8) is 0 Å². The average Bonchev–Trinajstić information content (AvgIpc) is 3.57. The highest BCUT2D eigenvalue weighted by Crippen LogP contribution is 2.47.